The van der Waals surface area contributed by atoms with Crippen LogP contribution in [0, 0.1) is 0 Å². The van der Waals surface area contributed by atoms with Gasteiger partial charge in [-0.2, -0.15) is 0 Å². The fraction of sp³-hybridized carbons (Fsp3) is 0.286. The first-order valence-electron chi connectivity index (χ1n) is 5.95. The number of benzene rings is 1. The van der Waals surface area contributed by atoms with Gasteiger partial charge in [0.25, 0.3) is 0 Å². The summed E-state index contributed by atoms with van der Waals surface area (Å²) in [5.74, 6) is 1.02. The van der Waals surface area contributed by atoms with E-state index in [1.165, 1.54) is 11.1 Å². The molecule has 1 atom stereocenters. The Morgan fingerprint density at radius 3 is 3.00 bits per heavy atom. The highest BCUT2D eigenvalue weighted by Crippen LogP contribution is 2.35. The van der Waals surface area contributed by atoms with E-state index in [2.05, 4.69) is 23.5 Å². The van der Waals surface area contributed by atoms with Gasteiger partial charge in [-0.25, -0.2) is 0 Å². The Bertz CT molecular complexity index is 567. The molecule has 2 nitrogen and oxygen atoms in total. The lowest BCUT2D eigenvalue weighted by Gasteiger charge is -2.16. The molecule has 0 bridgehead atoms. The Hall–Kier alpha value is -1.03. The molecule has 3 rings (SSSR count). The Balaban J connectivity index is 2.00. The van der Waals surface area contributed by atoms with Crippen molar-refractivity contribution in [3.05, 3.63) is 50.7 Å². The minimum absolute atomic E-state index is 0.156. The van der Waals surface area contributed by atoms with Crippen molar-refractivity contribution in [2.24, 2.45) is 0 Å². The molecule has 94 valence electrons. The van der Waals surface area contributed by atoms with Crippen LogP contribution in [0.15, 0.2) is 29.6 Å². The van der Waals surface area contributed by atoms with Gasteiger partial charge in [0.2, 0.25) is 0 Å². The fourth-order valence-electron chi connectivity index (χ4n) is 2.35. The van der Waals surface area contributed by atoms with Crippen LogP contribution in [0.4, 0.5) is 0 Å². The Morgan fingerprint density at radius 2 is 2.28 bits per heavy atom. The molecule has 1 aromatic heterocycles. The van der Waals surface area contributed by atoms with Crippen LogP contribution in [-0.4, -0.2) is 13.7 Å². The van der Waals surface area contributed by atoms with E-state index >= 15 is 0 Å². The highest BCUT2D eigenvalue weighted by atomic mass is 35.5. The summed E-state index contributed by atoms with van der Waals surface area (Å²) >= 11 is 7.91. The smallest absolute Gasteiger partial charge is 0.122 e. The number of hydrogen-bond acceptors (Lipinski definition) is 3. The molecule has 2 aromatic rings. The molecule has 18 heavy (non-hydrogen) atoms. The lowest BCUT2D eigenvalue weighted by atomic mass is 10.0. The van der Waals surface area contributed by atoms with Crippen molar-refractivity contribution in [1.29, 1.82) is 0 Å². The maximum Gasteiger partial charge on any atom is 0.122 e. The largest absolute Gasteiger partial charge is 0.493 e. The lowest BCUT2D eigenvalue weighted by molar-refractivity contribution is 0.357. The average Bonchev–Trinajstić information content (AvgIpc) is 2.99. The predicted molar refractivity (Wildman–Crippen MR) is 75.9 cm³/mol. The first kappa shape index (κ1) is 12.0. The number of rotatable bonds is 3. The van der Waals surface area contributed by atoms with Crippen LogP contribution in [-0.2, 0) is 6.42 Å². The third-order valence-electron chi connectivity index (χ3n) is 3.24. The summed E-state index contributed by atoms with van der Waals surface area (Å²) in [6.45, 7) is 0.794. The molecule has 1 N–H and O–H groups in total. The van der Waals surface area contributed by atoms with Gasteiger partial charge in [-0.15, -0.1) is 11.3 Å². The normalized spacial score (nSPS) is 15.2. The zero-order chi connectivity index (χ0) is 12.5. The monoisotopic (exact) mass is 279 g/mol. The first-order chi connectivity index (χ1) is 8.79. The molecule has 1 aromatic carbocycles. The molecule has 1 unspecified atom stereocenters. The van der Waals surface area contributed by atoms with Crippen molar-refractivity contribution >= 4 is 22.9 Å². The molecule has 2 heterocycles. The number of halogens is 1. The van der Waals surface area contributed by atoms with Crippen molar-refractivity contribution in [3.63, 3.8) is 0 Å². The van der Waals surface area contributed by atoms with Crippen LogP contribution in [0.3, 0.4) is 0 Å². The van der Waals surface area contributed by atoms with E-state index in [0.29, 0.717) is 0 Å². The minimum Gasteiger partial charge on any atom is -0.493 e. The van der Waals surface area contributed by atoms with Gasteiger partial charge >= 0.3 is 0 Å². The van der Waals surface area contributed by atoms with Crippen molar-refractivity contribution in [2.45, 2.75) is 12.5 Å². The topological polar surface area (TPSA) is 21.3 Å². The summed E-state index contributed by atoms with van der Waals surface area (Å²) in [6.07, 6.45) is 0.998. The molecule has 0 spiro atoms. The van der Waals surface area contributed by atoms with Gasteiger partial charge in [0, 0.05) is 11.3 Å². The molecule has 0 saturated carbocycles. The van der Waals surface area contributed by atoms with Gasteiger partial charge in [-0.1, -0.05) is 23.7 Å². The highest BCUT2D eigenvalue weighted by molar-refractivity contribution is 7.10. The summed E-state index contributed by atoms with van der Waals surface area (Å²) in [6, 6.07) is 8.50. The number of fused-ring (bicyclic) bond motifs is 1. The summed E-state index contributed by atoms with van der Waals surface area (Å²) < 4.78 is 5.54. The second-order valence-corrected chi connectivity index (χ2v) is 5.67. The number of thiophene rings is 1. The van der Waals surface area contributed by atoms with Crippen LogP contribution < -0.4 is 10.1 Å². The van der Waals surface area contributed by atoms with Crippen LogP contribution >= 0.6 is 22.9 Å². The summed E-state index contributed by atoms with van der Waals surface area (Å²) in [5, 5.41) is 6.19. The van der Waals surface area contributed by atoms with Gasteiger partial charge in [0.05, 0.1) is 17.7 Å². The number of hydrogen-bond donors (Lipinski definition) is 1. The van der Waals surface area contributed by atoms with Gasteiger partial charge < -0.3 is 10.1 Å². The van der Waals surface area contributed by atoms with E-state index in [-0.39, 0.29) is 6.04 Å². The number of ether oxygens (including phenoxy) is 1. The van der Waals surface area contributed by atoms with Crippen molar-refractivity contribution in [3.8, 4) is 5.75 Å². The Kier molecular flexibility index (Phi) is 3.29. The van der Waals surface area contributed by atoms with Gasteiger partial charge in [-0.05, 0) is 35.7 Å². The third kappa shape index (κ3) is 2.03. The minimum atomic E-state index is 0.156. The molecule has 0 fully saturated rings. The molecule has 0 aliphatic carbocycles. The fourth-order valence-corrected chi connectivity index (χ4v) is 3.65. The van der Waals surface area contributed by atoms with Crippen molar-refractivity contribution in [2.75, 3.05) is 13.7 Å². The molecule has 4 heteroatoms. The summed E-state index contributed by atoms with van der Waals surface area (Å²) in [4.78, 5) is 1.16. The molecule has 0 amide bonds. The van der Waals surface area contributed by atoms with Crippen LogP contribution in [0.2, 0.25) is 5.02 Å². The zero-order valence-corrected chi connectivity index (χ0v) is 11.6. The van der Waals surface area contributed by atoms with E-state index in [9.17, 15) is 0 Å². The van der Waals surface area contributed by atoms with E-state index in [1.807, 2.05) is 18.5 Å². The van der Waals surface area contributed by atoms with Crippen molar-refractivity contribution < 1.29 is 4.74 Å². The Morgan fingerprint density at radius 1 is 1.39 bits per heavy atom. The molecular weight excluding hydrogens is 266 g/mol. The standard InChI is InChI=1S/C14H14ClNOS/c1-16-13(14-11(15)5-7-18-14)10-2-3-12-9(8-10)4-6-17-12/h2-3,5,7-8,13,16H,4,6H2,1H3. The Labute approximate surface area is 116 Å². The van der Waals surface area contributed by atoms with Gasteiger partial charge in [0.1, 0.15) is 5.75 Å². The maximum absolute atomic E-state index is 6.23. The van der Waals surface area contributed by atoms with E-state index in [0.717, 1.165) is 28.7 Å². The van der Waals surface area contributed by atoms with Crippen LogP contribution in [0.5, 0.6) is 5.75 Å². The quantitative estimate of drug-likeness (QED) is 0.926. The molecule has 1 aliphatic rings. The van der Waals surface area contributed by atoms with Crippen LogP contribution in [0.1, 0.15) is 22.0 Å². The van der Waals surface area contributed by atoms with Gasteiger partial charge in [-0.3, -0.25) is 0 Å². The zero-order valence-electron chi connectivity index (χ0n) is 10.1. The molecule has 0 radical (unpaired) electrons. The van der Waals surface area contributed by atoms with Crippen molar-refractivity contribution in [1.82, 2.24) is 5.32 Å². The molecule has 0 saturated heterocycles. The maximum atomic E-state index is 6.23. The first-order valence-corrected chi connectivity index (χ1v) is 7.21. The lowest BCUT2D eigenvalue weighted by Crippen LogP contribution is -2.16. The average molecular weight is 280 g/mol. The van der Waals surface area contributed by atoms with E-state index in [1.54, 1.807) is 11.3 Å². The van der Waals surface area contributed by atoms with E-state index in [4.69, 9.17) is 16.3 Å². The predicted octanol–water partition coefficient (Wildman–Crippen LogP) is 3.65. The van der Waals surface area contributed by atoms with E-state index < -0.39 is 0 Å². The summed E-state index contributed by atoms with van der Waals surface area (Å²) in [7, 11) is 1.96. The molecule has 1 aliphatic heterocycles. The highest BCUT2D eigenvalue weighted by Gasteiger charge is 2.19. The second-order valence-electron chi connectivity index (χ2n) is 4.32. The van der Waals surface area contributed by atoms with Gasteiger partial charge in [0.15, 0.2) is 0 Å². The SMILES string of the molecule is CNC(c1ccc2c(c1)CCO2)c1sccc1Cl. The van der Waals surface area contributed by atoms with Crippen LogP contribution in [0.25, 0.3) is 0 Å². The summed E-state index contributed by atoms with van der Waals surface area (Å²) in [5.41, 5.74) is 2.53. The number of nitrogens with one attached hydrogen (secondary N) is 1. The third-order valence-corrected chi connectivity index (χ3v) is 4.67. The second kappa shape index (κ2) is 4.92. The molecular formula is C14H14ClNOS.